The molecule has 0 unspecified atom stereocenters. The number of rotatable bonds is 0. The van der Waals surface area contributed by atoms with Gasteiger partial charge in [-0.05, 0) is 31.0 Å². The van der Waals surface area contributed by atoms with E-state index in [2.05, 4.69) is 4.74 Å². The lowest BCUT2D eigenvalue weighted by molar-refractivity contribution is -0.222. The van der Waals surface area contributed by atoms with Crippen molar-refractivity contribution < 1.29 is 27.1 Å². The van der Waals surface area contributed by atoms with E-state index in [1.54, 1.807) is 6.92 Å². The van der Waals surface area contributed by atoms with Crippen LogP contribution >= 0.6 is 0 Å². The topological polar surface area (TPSA) is 26.3 Å². The van der Waals surface area contributed by atoms with Crippen molar-refractivity contribution in [3.8, 4) is 5.75 Å². The van der Waals surface area contributed by atoms with Crippen LogP contribution in [0, 0.1) is 13.8 Å². The van der Waals surface area contributed by atoms with Crippen LogP contribution in [-0.2, 0) is 10.7 Å². The quantitative estimate of drug-likeness (QED) is 0.660. The first-order valence-corrected chi connectivity index (χ1v) is 4.77. The predicted octanol–water partition coefficient (Wildman–Crippen LogP) is 2.95. The summed E-state index contributed by atoms with van der Waals surface area (Å²) in [6, 6.07) is 2.45. The third-order valence-electron chi connectivity index (χ3n) is 2.55. The second-order valence-corrected chi connectivity index (χ2v) is 3.98. The van der Waals surface area contributed by atoms with Gasteiger partial charge in [0.2, 0.25) is 0 Å². The Hall–Kier alpha value is -1.59. The smallest absolute Gasteiger partial charge is 0.426 e. The van der Waals surface area contributed by atoms with Crippen molar-refractivity contribution in [2.75, 3.05) is 0 Å². The highest BCUT2D eigenvalue weighted by Gasteiger charge is 2.62. The van der Waals surface area contributed by atoms with Gasteiger partial charge in [-0.2, -0.15) is 17.6 Å². The molecule has 0 saturated heterocycles. The number of carbonyl (C=O) groups is 1. The Labute approximate surface area is 94.2 Å². The van der Waals surface area contributed by atoms with Crippen LogP contribution in [0.3, 0.4) is 0 Å². The van der Waals surface area contributed by atoms with Crippen molar-refractivity contribution in [1.29, 1.82) is 0 Å². The highest BCUT2D eigenvalue weighted by Crippen LogP contribution is 2.47. The summed E-state index contributed by atoms with van der Waals surface area (Å²) in [4.78, 5) is 10.9. The fourth-order valence-electron chi connectivity index (χ4n) is 1.89. The highest BCUT2D eigenvalue weighted by molar-refractivity contribution is 5.94. The number of hydrogen-bond donors (Lipinski definition) is 0. The molecule has 1 aliphatic heterocycles. The van der Waals surface area contributed by atoms with E-state index in [4.69, 9.17) is 0 Å². The Kier molecular flexibility index (Phi) is 2.24. The molecule has 6 heteroatoms. The van der Waals surface area contributed by atoms with Crippen molar-refractivity contribution in [2.24, 2.45) is 0 Å². The molecule has 0 N–H and O–H groups in total. The molecule has 0 atom stereocenters. The maximum atomic E-state index is 13.6. The monoisotopic (exact) mass is 248 g/mol. The summed E-state index contributed by atoms with van der Waals surface area (Å²) in [5.41, 5.74) is -0.227. The Morgan fingerprint density at radius 1 is 1.12 bits per heavy atom. The van der Waals surface area contributed by atoms with Gasteiger partial charge in [0.25, 0.3) is 0 Å². The zero-order valence-electron chi connectivity index (χ0n) is 8.98. The minimum atomic E-state index is -4.49. The van der Waals surface area contributed by atoms with E-state index < -0.39 is 29.1 Å². The molecule has 0 saturated carbocycles. The summed E-state index contributed by atoms with van der Waals surface area (Å²) in [5.74, 6) is -7.39. The highest BCUT2D eigenvalue weighted by atomic mass is 19.3. The second kappa shape index (κ2) is 3.21. The Balaban J connectivity index is 2.74. The normalized spacial score (nSPS) is 20.7. The summed E-state index contributed by atoms with van der Waals surface area (Å²) >= 11 is 0. The molecule has 1 aromatic rings. The third kappa shape index (κ3) is 1.59. The van der Waals surface area contributed by atoms with Gasteiger partial charge in [-0.15, -0.1) is 0 Å². The lowest BCUT2D eigenvalue weighted by Crippen LogP contribution is -2.49. The molecule has 0 radical (unpaired) electrons. The minimum Gasteiger partial charge on any atom is -0.426 e. The summed E-state index contributed by atoms with van der Waals surface area (Å²) in [6.07, 6.45) is -4.49. The van der Waals surface area contributed by atoms with Crippen LogP contribution in [0.15, 0.2) is 12.1 Å². The number of aryl methyl sites for hydroxylation is 2. The van der Waals surface area contributed by atoms with Gasteiger partial charge >= 0.3 is 17.8 Å². The molecule has 0 fully saturated rings. The summed E-state index contributed by atoms with van der Waals surface area (Å²) in [6.45, 7) is 2.88. The van der Waals surface area contributed by atoms with Gasteiger partial charge in [0.1, 0.15) is 5.75 Å². The van der Waals surface area contributed by atoms with Gasteiger partial charge in [0.15, 0.2) is 0 Å². The maximum absolute atomic E-state index is 13.6. The molecule has 1 heterocycles. The second-order valence-electron chi connectivity index (χ2n) is 3.98. The molecule has 2 rings (SSSR count). The fourth-order valence-corrected chi connectivity index (χ4v) is 1.89. The number of ketones is 1. The van der Waals surface area contributed by atoms with Gasteiger partial charge in [-0.1, -0.05) is 6.07 Å². The standard InChI is InChI=1S/C11H8F4O2/c1-5-3-6(2)8-7(4-5)17-11(14,15)9(16)10(8,12)13/h3-4H,1-2H3. The number of Topliss-reactive ketones (excluding diaryl/α,β-unsaturated/α-hetero) is 1. The van der Waals surface area contributed by atoms with E-state index in [9.17, 15) is 22.4 Å². The molecule has 2 nitrogen and oxygen atoms in total. The minimum absolute atomic E-state index is 0.0499. The molecular weight excluding hydrogens is 240 g/mol. The van der Waals surface area contributed by atoms with Crippen molar-refractivity contribution in [1.82, 2.24) is 0 Å². The van der Waals surface area contributed by atoms with E-state index in [1.165, 1.54) is 13.0 Å². The Morgan fingerprint density at radius 2 is 1.71 bits per heavy atom. The Bertz CT molecular complexity index is 508. The van der Waals surface area contributed by atoms with E-state index in [1.807, 2.05) is 0 Å². The molecule has 0 bridgehead atoms. The molecule has 1 aromatic carbocycles. The van der Waals surface area contributed by atoms with Crippen molar-refractivity contribution in [3.05, 3.63) is 28.8 Å². The molecule has 0 aliphatic carbocycles. The van der Waals surface area contributed by atoms with Crippen LogP contribution in [0.1, 0.15) is 16.7 Å². The summed E-state index contributed by atoms with van der Waals surface area (Å²) in [5, 5.41) is 0. The number of fused-ring (bicyclic) bond motifs is 1. The first-order valence-electron chi connectivity index (χ1n) is 4.77. The van der Waals surface area contributed by atoms with Crippen LogP contribution in [0.5, 0.6) is 5.75 Å². The van der Waals surface area contributed by atoms with E-state index in [0.717, 1.165) is 6.07 Å². The van der Waals surface area contributed by atoms with Crippen LogP contribution in [0.4, 0.5) is 17.6 Å². The number of benzene rings is 1. The fraction of sp³-hybridized carbons (Fsp3) is 0.364. The molecular formula is C11H8F4O2. The van der Waals surface area contributed by atoms with Gasteiger partial charge in [0.05, 0.1) is 5.56 Å². The molecule has 1 aliphatic rings. The first kappa shape index (κ1) is 11.9. The maximum Gasteiger partial charge on any atom is 0.467 e. The number of alkyl halides is 4. The average Bonchev–Trinajstić information content (AvgIpc) is 2.12. The lowest BCUT2D eigenvalue weighted by atomic mass is 9.94. The van der Waals surface area contributed by atoms with Crippen molar-refractivity contribution in [2.45, 2.75) is 25.9 Å². The zero-order chi connectivity index (χ0) is 13.0. The largest absolute Gasteiger partial charge is 0.467 e. The average molecular weight is 248 g/mol. The molecule has 0 spiro atoms. The van der Waals surface area contributed by atoms with Crippen LogP contribution < -0.4 is 4.74 Å². The molecule has 0 amide bonds. The van der Waals surface area contributed by atoms with Gasteiger partial charge in [-0.3, -0.25) is 4.79 Å². The van der Waals surface area contributed by atoms with Gasteiger partial charge in [0, 0.05) is 0 Å². The SMILES string of the molecule is Cc1cc(C)c2c(c1)OC(F)(F)C(=O)C2(F)F. The number of ether oxygens (including phenoxy) is 1. The van der Waals surface area contributed by atoms with Crippen molar-refractivity contribution >= 4 is 5.78 Å². The molecule has 17 heavy (non-hydrogen) atoms. The Morgan fingerprint density at radius 3 is 2.29 bits per heavy atom. The van der Waals surface area contributed by atoms with Gasteiger partial charge in [-0.25, -0.2) is 0 Å². The van der Waals surface area contributed by atoms with E-state index in [0.29, 0.717) is 5.56 Å². The van der Waals surface area contributed by atoms with Crippen LogP contribution in [-0.4, -0.2) is 11.9 Å². The van der Waals surface area contributed by atoms with Crippen LogP contribution in [0.25, 0.3) is 0 Å². The number of halogens is 4. The summed E-state index contributed by atoms with van der Waals surface area (Å²) < 4.78 is 57.2. The van der Waals surface area contributed by atoms with E-state index >= 15 is 0 Å². The van der Waals surface area contributed by atoms with Crippen LogP contribution in [0.2, 0.25) is 0 Å². The summed E-state index contributed by atoms with van der Waals surface area (Å²) in [7, 11) is 0. The zero-order valence-corrected chi connectivity index (χ0v) is 8.98. The number of carbonyl (C=O) groups excluding carboxylic acids is 1. The van der Waals surface area contributed by atoms with Crippen molar-refractivity contribution in [3.63, 3.8) is 0 Å². The molecule has 0 aromatic heterocycles. The third-order valence-corrected chi connectivity index (χ3v) is 2.55. The van der Waals surface area contributed by atoms with Gasteiger partial charge < -0.3 is 4.74 Å². The molecule has 92 valence electrons. The first-order chi connectivity index (χ1) is 7.66. The predicted molar refractivity (Wildman–Crippen MR) is 50.4 cm³/mol. The van der Waals surface area contributed by atoms with E-state index in [-0.39, 0.29) is 5.56 Å². The lowest BCUT2D eigenvalue weighted by Gasteiger charge is -2.30. The number of hydrogen-bond acceptors (Lipinski definition) is 2.